The Kier molecular flexibility index (Phi) is 6.52. The maximum atomic E-state index is 12.0. The number of nitrogens with zero attached hydrogens (tertiary/aromatic N) is 1. The van der Waals surface area contributed by atoms with Gasteiger partial charge in [0.2, 0.25) is 11.8 Å². The number of hydrogen-bond acceptors (Lipinski definition) is 3. The summed E-state index contributed by atoms with van der Waals surface area (Å²) < 4.78 is 0.939. The normalized spacial score (nSPS) is 9.83. The van der Waals surface area contributed by atoms with Crippen LogP contribution in [0.25, 0.3) is 0 Å². The van der Waals surface area contributed by atoms with Crippen LogP contribution in [0.5, 0.6) is 0 Å². The molecule has 2 aromatic carbocycles. The van der Waals surface area contributed by atoms with Crippen molar-refractivity contribution in [2.75, 3.05) is 5.32 Å². The number of hydrogen-bond donors (Lipinski definition) is 2. The van der Waals surface area contributed by atoms with Crippen LogP contribution in [-0.4, -0.2) is 11.8 Å². The SMILES string of the molecule is N#CCC(=O)Nc1cccc(CNC(=O)Cc2cccc(Br)c2)c1. The van der Waals surface area contributed by atoms with Gasteiger partial charge in [0.1, 0.15) is 6.42 Å². The Morgan fingerprint density at radius 1 is 1.04 bits per heavy atom. The van der Waals surface area contributed by atoms with Crippen LogP contribution in [0.4, 0.5) is 5.69 Å². The average molecular weight is 386 g/mol. The van der Waals surface area contributed by atoms with Gasteiger partial charge in [-0.15, -0.1) is 0 Å². The van der Waals surface area contributed by atoms with Gasteiger partial charge in [-0.1, -0.05) is 40.2 Å². The minimum atomic E-state index is -0.353. The average Bonchev–Trinajstić information content (AvgIpc) is 2.53. The summed E-state index contributed by atoms with van der Waals surface area (Å²) in [4.78, 5) is 23.4. The summed E-state index contributed by atoms with van der Waals surface area (Å²) in [5.74, 6) is -0.430. The molecule has 0 atom stereocenters. The van der Waals surface area contributed by atoms with Crippen LogP contribution in [0.1, 0.15) is 17.5 Å². The summed E-state index contributed by atoms with van der Waals surface area (Å²) >= 11 is 3.38. The van der Waals surface area contributed by atoms with Crippen LogP contribution in [0, 0.1) is 11.3 Å². The molecule has 0 saturated heterocycles. The summed E-state index contributed by atoms with van der Waals surface area (Å²) in [7, 11) is 0. The van der Waals surface area contributed by atoms with E-state index in [9.17, 15) is 9.59 Å². The molecule has 0 aromatic heterocycles. The maximum absolute atomic E-state index is 12.0. The van der Waals surface area contributed by atoms with Crippen molar-refractivity contribution in [3.05, 3.63) is 64.1 Å². The lowest BCUT2D eigenvalue weighted by atomic mass is 10.1. The monoisotopic (exact) mass is 385 g/mol. The minimum absolute atomic E-state index is 0.0768. The van der Waals surface area contributed by atoms with Crippen molar-refractivity contribution in [3.8, 4) is 6.07 Å². The van der Waals surface area contributed by atoms with Gasteiger partial charge in [-0.2, -0.15) is 5.26 Å². The van der Waals surface area contributed by atoms with Gasteiger partial charge in [0, 0.05) is 16.7 Å². The molecule has 2 rings (SSSR count). The molecule has 0 unspecified atom stereocenters. The van der Waals surface area contributed by atoms with Crippen molar-refractivity contribution in [1.82, 2.24) is 5.32 Å². The van der Waals surface area contributed by atoms with E-state index in [0.29, 0.717) is 18.7 Å². The number of amides is 2. The molecule has 2 amide bonds. The van der Waals surface area contributed by atoms with Gasteiger partial charge in [-0.05, 0) is 35.4 Å². The third-order valence-electron chi connectivity index (χ3n) is 3.19. The Morgan fingerprint density at radius 2 is 1.79 bits per heavy atom. The Balaban J connectivity index is 1.88. The number of nitriles is 1. The molecule has 5 nitrogen and oxygen atoms in total. The molecule has 122 valence electrons. The summed E-state index contributed by atoms with van der Waals surface area (Å²) in [6.07, 6.45) is 0.117. The zero-order valence-electron chi connectivity index (χ0n) is 12.9. The second-order valence-corrected chi connectivity index (χ2v) is 6.08. The largest absolute Gasteiger partial charge is 0.352 e. The first-order chi connectivity index (χ1) is 11.6. The lowest BCUT2D eigenvalue weighted by Gasteiger charge is -2.08. The lowest BCUT2D eigenvalue weighted by Crippen LogP contribution is -2.24. The van der Waals surface area contributed by atoms with E-state index in [-0.39, 0.29) is 18.2 Å². The molecule has 0 bridgehead atoms. The molecule has 0 fully saturated rings. The number of carbonyl (C=O) groups excluding carboxylic acids is 2. The number of carbonyl (C=O) groups is 2. The molecule has 24 heavy (non-hydrogen) atoms. The number of rotatable bonds is 6. The third kappa shape index (κ3) is 5.86. The Bertz CT molecular complexity index is 784. The Labute approximate surface area is 148 Å². The number of anilines is 1. The van der Waals surface area contributed by atoms with E-state index in [1.165, 1.54) is 0 Å². The molecule has 0 spiro atoms. The molecule has 0 radical (unpaired) electrons. The topological polar surface area (TPSA) is 82.0 Å². The van der Waals surface area contributed by atoms with Crippen molar-refractivity contribution in [1.29, 1.82) is 5.26 Å². The summed E-state index contributed by atoms with van der Waals surface area (Å²) in [6, 6.07) is 16.6. The number of benzene rings is 2. The zero-order valence-corrected chi connectivity index (χ0v) is 14.5. The summed E-state index contributed by atoms with van der Waals surface area (Å²) in [5, 5.41) is 14.0. The molecule has 0 aliphatic carbocycles. The second-order valence-electron chi connectivity index (χ2n) is 5.17. The van der Waals surface area contributed by atoms with Gasteiger partial charge >= 0.3 is 0 Å². The van der Waals surface area contributed by atoms with Gasteiger partial charge in [0.25, 0.3) is 0 Å². The second kappa shape index (κ2) is 8.85. The van der Waals surface area contributed by atoms with Crippen molar-refractivity contribution in [2.45, 2.75) is 19.4 Å². The quantitative estimate of drug-likeness (QED) is 0.800. The van der Waals surface area contributed by atoms with E-state index in [4.69, 9.17) is 5.26 Å². The van der Waals surface area contributed by atoms with E-state index in [2.05, 4.69) is 26.6 Å². The van der Waals surface area contributed by atoms with Crippen LogP contribution in [-0.2, 0) is 22.6 Å². The van der Waals surface area contributed by atoms with Gasteiger partial charge in [-0.3, -0.25) is 9.59 Å². The molecular weight excluding hydrogens is 370 g/mol. The smallest absolute Gasteiger partial charge is 0.238 e. The van der Waals surface area contributed by atoms with Crippen molar-refractivity contribution in [3.63, 3.8) is 0 Å². The van der Waals surface area contributed by atoms with E-state index >= 15 is 0 Å². The first kappa shape index (κ1) is 17.7. The zero-order chi connectivity index (χ0) is 17.4. The molecule has 0 heterocycles. The van der Waals surface area contributed by atoms with Crippen molar-refractivity contribution < 1.29 is 9.59 Å². The molecule has 0 aliphatic rings. The molecule has 6 heteroatoms. The molecule has 0 saturated carbocycles. The van der Waals surface area contributed by atoms with E-state index in [1.54, 1.807) is 24.3 Å². The fourth-order valence-electron chi connectivity index (χ4n) is 2.13. The first-order valence-electron chi connectivity index (χ1n) is 7.33. The maximum Gasteiger partial charge on any atom is 0.238 e. The lowest BCUT2D eigenvalue weighted by molar-refractivity contribution is -0.120. The highest BCUT2D eigenvalue weighted by Crippen LogP contribution is 2.13. The number of halogens is 1. The summed E-state index contributed by atoms with van der Waals surface area (Å²) in [6.45, 7) is 0.370. The van der Waals surface area contributed by atoms with Crippen LogP contribution in [0.3, 0.4) is 0 Å². The predicted octanol–water partition coefficient (Wildman–Crippen LogP) is 3.16. The summed E-state index contributed by atoms with van der Waals surface area (Å²) in [5.41, 5.74) is 2.40. The Morgan fingerprint density at radius 3 is 2.54 bits per heavy atom. The molecule has 2 aromatic rings. The first-order valence-corrected chi connectivity index (χ1v) is 8.13. The van der Waals surface area contributed by atoms with Gasteiger partial charge in [0.15, 0.2) is 0 Å². The van der Waals surface area contributed by atoms with Crippen LogP contribution < -0.4 is 10.6 Å². The van der Waals surface area contributed by atoms with E-state index < -0.39 is 0 Å². The van der Waals surface area contributed by atoms with Gasteiger partial charge in [-0.25, -0.2) is 0 Å². The highest BCUT2D eigenvalue weighted by molar-refractivity contribution is 9.10. The van der Waals surface area contributed by atoms with Crippen LogP contribution in [0.15, 0.2) is 53.0 Å². The standard InChI is InChI=1S/C18H16BrN3O2/c19-15-5-1-3-13(9-15)11-18(24)21-12-14-4-2-6-16(10-14)22-17(23)7-8-20/h1-6,9-10H,7,11-12H2,(H,21,24)(H,22,23). The third-order valence-corrected chi connectivity index (χ3v) is 3.69. The van der Waals surface area contributed by atoms with Crippen LogP contribution >= 0.6 is 15.9 Å². The minimum Gasteiger partial charge on any atom is -0.352 e. The Hall–Kier alpha value is -2.65. The molecular formula is C18H16BrN3O2. The predicted molar refractivity (Wildman–Crippen MR) is 95.0 cm³/mol. The highest BCUT2D eigenvalue weighted by Gasteiger charge is 2.05. The fourth-order valence-corrected chi connectivity index (χ4v) is 2.58. The van der Waals surface area contributed by atoms with E-state index in [0.717, 1.165) is 15.6 Å². The number of nitrogens with one attached hydrogen (secondary N) is 2. The van der Waals surface area contributed by atoms with Gasteiger partial charge < -0.3 is 10.6 Å². The molecule has 0 aliphatic heterocycles. The highest BCUT2D eigenvalue weighted by atomic mass is 79.9. The van der Waals surface area contributed by atoms with Crippen molar-refractivity contribution in [2.24, 2.45) is 0 Å². The van der Waals surface area contributed by atoms with Crippen LogP contribution in [0.2, 0.25) is 0 Å². The van der Waals surface area contributed by atoms with Crippen molar-refractivity contribution >= 4 is 33.4 Å². The van der Waals surface area contributed by atoms with E-state index in [1.807, 2.05) is 30.3 Å². The fraction of sp³-hybridized carbons (Fsp3) is 0.167. The molecule has 2 N–H and O–H groups in total. The van der Waals surface area contributed by atoms with Gasteiger partial charge in [0.05, 0.1) is 12.5 Å².